The van der Waals surface area contributed by atoms with Crippen LogP contribution in [0.2, 0.25) is 0 Å². The molecule has 0 spiro atoms. The van der Waals surface area contributed by atoms with Gasteiger partial charge < -0.3 is 9.47 Å². The number of benzene rings is 1. The number of rotatable bonds is 12. The van der Waals surface area contributed by atoms with Crippen molar-refractivity contribution in [2.24, 2.45) is 0 Å². The Bertz CT molecular complexity index is 736. The van der Waals surface area contributed by atoms with E-state index in [1.807, 2.05) is 9.44 Å². The van der Waals surface area contributed by atoms with E-state index in [1.165, 1.54) is 0 Å². The van der Waals surface area contributed by atoms with Crippen molar-refractivity contribution >= 4 is 20.6 Å². The fraction of sp³-hybridized carbons (Fsp3) is 0.538. The summed E-state index contributed by atoms with van der Waals surface area (Å²) < 4.78 is 70.0. The van der Waals surface area contributed by atoms with Gasteiger partial charge in [0.15, 0.2) is 11.5 Å². The average molecular weight is 398 g/mol. The minimum atomic E-state index is -4.07. The van der Waals surface area contributed by atoms with Gasteiger partial charge in [0.1, 0.15) is 12.7 Å². The normalized spacial score (nSPS) is 13.4. The monoisotopic (exact) mass is 398 g/mol. The standard InChI is InChI=1S/C13H22N2O8S2/c1-4-20-12-7-5-6-8-13(12)21-9-11(23-25(18,19)15-3)10-22-24(16,17)14-2/h5-8,11,14-15H,4,9-10H2,1-3H3. The molecule has 0 aromatic heterocycles. The number of hydrogen-bond donors (Lipinski definition) is 2. The van der Waals surface area contributed by atoms with Crippen molar-refractivity contribution in [1.82, 2.24) is 9.44 Å². The second kappa shape index (κ2) is 9.89. The van der Waals surface area contributed by atoms with Crippen LogP contribution in [-0.2, 0) is 29.0 Å². The second-order valence-corrected chi connectivity index (χ2v) is 7.57. The van der Waals surface area contributed by atoms with Crippen molar-refractivity contribution in [2.75, 3.05) is 33.9 Å². The van der Waals surface area contributed by atoms with Crippen LogP contribution in [0.25, 0.3) is 0 Å². The smallest absolute Gasteiger partial charge is 0.336 e. The maximum absolute atomic E-state index is 11.6. The maximum Gasteiger partial charge on any atom is 0.336 e. The van der Waals surface area contributed by atoms with E-state index in [0.29, 0.717) is 18.1 Å². The number of nitrogens with one attached hydrogen (secondary N) is 2. The van der Waals surface area contributed by atoms with Crippen molar-refractivity contribution in [3.05, 3.63) is 24.3 Å². The van der Waals surface area contributed by atoms with Gasteiger partial charge in [0.05, 0.1) is 13.2 Å². The van der Waals surface area contributed by atoms with E-state index in [2.05, 4.69) is 4.18 Å². The van der Waals surface area contributed by atoms with Crippen molar-refractivity contribution < 1.29 is 34.7 Å². The third-order valence-electron chi connectivity index (χ3n) is 2.75. The van der Waals surface area contributed by atoms with E-state index in [-0.39, 0.29) is 6.61 Å². The molecule has 0 radical (unpaired) electrons. The Labute approximate surface area is 147 Å². The quantitative estimate of drug-likeness (QED) is 0.495. The van der Waals surface area contributed by atoms with Gasteiger partial charge in [-0.2, -0.15) is 26.3 Å². The Morgan fingerprint density at radius 2 is 1.48 bits per heavy atom. The van der Waals surface area contributed by atoms with E-state index in [1.54, 1.807) is 31.2 Å². The highest BCUT2D eigenvalue weighted by Gasteiger charge is 2.22. The van der Waals surface area contributed by atoms with Crippen LogP contribution in [0.4, 0.5) is 0 Å². The molecular formula is C13H22N2O8S2. The molecule has 0 fully saturated rings. The molecular weight excluding hydrogens is 376 g/mol. The van der Waals surface area contributed by atoms with E-state index < -0.39 is 33.3 Å². The third kappa shape index (κ3) is 7.98. The van der Waals surface area contributed by atoms with Gasteiger partial charge in [0, 0.05) is 14.1 Å². The molecule has 1 rings (SSSR count). The Hall–Kier alpha value is -1.44. The summed E-state index contributed by atoms with van der Waals surface area (Å²) in [5, 5.41) is 0. The van der Waals surface area contributed by atoms with Gasteiger partial charge in [0.2, 0.25) is 0 Å². The minimum Gasteiger partial charge on any atom is -0.490 e. The lowest BCUT2D eigenvalue weighted by molar-refractivity contribution is 0.0851. The van der Waals surface area contributed by atoms with Gasteiger partial charge in [0.25, 0.3) is 0 Å². The van der Waals surface area contributed by atoms with Gasteiger partial charge in [-0.05, 0) is 19.1 Å². The molecule has 0 amide bonds. The lowest BCUT2D eigenvalue weighted by Gasteiger charge is -2.18. The molecule has 10 nitrogen and oxygen atoms in total. The average Bonchev–Trinajstić information content (AvgIpc) is 2.58. The van der Waals surface area contributed by atoms with Gasteiger partial charge in [-0.3, -0.25) is 4.18 Å². The van der Waals surface area contributed by atoms with Gasteiger partial charge in [-0.1, -0.05) is 12.1 Å². The van der Waals surface area contributed by atoms with Crippen LogP contribution in [-0.4, -0.2) is 56.9 Å². The van der Waals surface area contributed by atoms with E-state index >= 15 is 0 Å². The lowest BCUT2D eigenvalue weighted by atomic mass is 10.3. The molecule has 0 saturated carbocycles. The Kier molecular flexibility index (Phi) is 8.55. The highest BCUT2D eigenvalue weighted by Crippen LogP contribution is 2.26. The summed E-state index contributed by atoms with van der Waals surface area (Å²) in [5.74, 6) is 0.820. The van der Waals surface area contributed by atoms with Crippen molar-refractivity contribution in [2.45, 2.75) is 13.0 Å². The lowest BCUT2D eigenvalue weighted by Crippen LogP contribution is -2.36. The fourth-order valence-corrected chi connectivity index (χ4v) is 2.60. The highest BCUT2D eigenvalue weighted by atomic mass is 32.2. The molecule has 1 atom stereocenters. The van der Waals surface area contributed by atoms with E-state index in [9.17, 15) is 16.8 Å². The van der Waals surface area contributed by atoms with Crippen LogP contribution in [0.3, 0.4) is 0 Å². The fourth-order valence-electron chi connectivity index (χ4n) is 1.58. The molecule has 0 saturated heterocycles. The maximum atomic E-state index is 11.6. The Morgan fingerprint density at radius 3 is 2.00 bits per heavy atom. The van der Waals surface area contributed by atoms with Gasteiger partial charge in [-0.15, -0.1) is 0 Å². The topological polar surface area (TPSA) is 129 Å². The molecule has 0 aliphatic carbocycles. The summed E-state index contributed by atoms with van der Waals surface area (Å²) in [7, 11) is -5.76. The number of ether oxygens (including phenoxy) is 2. The van der Waals surface area contributed by atoms with Crippen molar-refractivity contribution in [3.8, 4) is 11.5 Å². The molecule has 1 aromatic rings. The predicted molar refractivity (Wildman–Crippen MR) is 89.9 cm³/mol. The van der Waals surface area contributed by atoms with Crippen molar-refractivity contribution in [3.63, 3.8) is 0 Å². The summed E-state index contributed by atoms with van der Waals surface area (Å²) in [5.41, 5.74) is 0. The molecule has 12 heteroatoms. The van der Waals surface area contributed by atoms with Crippen LogP contribution in [0.15, 0.2) is 24.3 Å². The Morgan fingerprint density at radius 1 is 0.920 bits per heavy atom. The number of hydrogen-bond acceptors (Lipinski definition) is 8. The van der Waals surface area contributed by atoms with Crippen LogP contribution in [0.5, 0.6) is 11.5 Å². The SMILES string of the molecule is CCOc1ccccc1OCC(COS(=O)(=O)NC)OS(=O)(=O)NC. The zero-order valence-corrected chi connectivity index (χ0v) is 15.7. The van der Waals surface area contributed by atoms with Crippen LogP contribution >= 0.6 is 0 Å². The summed E-state index contributed by atoms with van der Waals surface area (Å²) in [6.45, 7) is 1.36. The second-order valence-electron chi connectivity index (χ2n) is 4.51. The molecule has 0 heterocycles. The molecule has 25 heavy (non-hydrogen) atoms. The summed E-state index contributed by atoms with van der Waals surface area (Å²) in [6, 6.07) is 6.76. The largest absolute Gasteiger partial charge is 0.490 e. The third-order valence-corrected chi connectivity index (χ3v) is 4.72. The van der Waals surface area contributed by atoms with E-state index in [0.717, 1.165) is 14.1 Å². The first-order valence-electron chi connectivity index (χ1n) is 7.27. The molecule has 1 unspecified atom stereocenters. The van der Waals surface area contributed by atoms with Gasteiger partial charge in [-0.25, -0.2) is 4.18 Å². The summed E-state index contributed by atoms with van der Waals surface area (Å²) in [4.78, 5) is 0. The van der Waals surface area contributed by atoms with E-state index in [4.69, 9.17) is 13.7 Å². The Balaban J connectivity index is 2.82. The minimum absolute atomic E-state index is 0.287. The zero-order valence-electron chi connectivity index (χ0n) is 14.1. The first-order chi connectivity index (χ1) is 11.7. The molecule has 0 aliphatic heterocycles. The number of para-hydroxylation sites is 2. The molecule has 1 aromatic carbocycles. The van der Waals surface area contributed by atoms with Gasteiger partial charge >= 0.3 is 20.6 Å². The zero-order chi connectivity index (χ0) is 18.9. The first-order valence-corrected chi connectivity index (χ1v) is 10.1. The van der Waals surface area contributed by atoms with Crippen LogP contribution < -0.4 is 18.9 Å². The summed E-state index contributed by atoms with van der Waals surface area (Å²) >= 11 is 0. The molecule has 144 valence electrons. The van der Waals surface area contributed by atoms with Crippen LogP contribution in [0, 0.1) is 0 Å². The van der Waals surface area contributed by atoms with Crippen molar-refractivity contribution in [1.29, 1.82) is 0 Å². The predicted octanol–water partition coefficient (Wildman–Crippen LogP) is -0.206. The first kappa shape index (κ1) is 21.6. The highest BCUT2D eigenvalue weighted by molar-refractivity contribution is 7.85. The summed E-state index contributed by atoms with van der Waals surface area (Å²) in [6.07, 6.45) is -1.21. The molecule has 0 bridgehead atoms. The van der Waals surface area contributed by atoms with Crippen LogP contribution in [0.1, 0.15) is 6.92 Å². The molecule has 0 aliphatic rings. The molecule has 2 N–H and O–H groups in total.